The quantitative estimate of drug-likeness (QED) is 0.718. The number of halogens is 1. The van der Waals surface area contributed by atoms with E-state index in [-0.39, 0.29) is 16.4 Å². The maximum Gasteiger partial charge on any atom is 0.224 e. The third kappa shape index (κ3) is 3.09. The van der Waals surface area contributed by atoms with Crippen molar-refractivity contribution in [1.82, 2.24) is 15.0 Å². The molecule has 2 aromatic rings. The van der Waals surface area contributed by atoms with Gasteiger partial charge in [-0.25, -0.2) is 23.4 Å². The molecule has 1 saturated carbocycles. The van der Waals surface area contributed by atoms with Crippen LogP contribution in [0.1, 0.15) is 31.9 Å². The summed E-state index contributed by atoms with van der Waals surface area (Å²) in [6.07, 6.45) is 3.30. The van der Waals surface area contributed by atoms with E-state index in [9.17, 15) is 8.42 Å². The van der Waals surface area contributed by atoms with E-state index >= 15 is 0 Å². The van der Waals surface area contributed by atoms with E-state index in [1.54, 1.807) is 18.2 Å². The van der Waals surface area contributed by atoms with E-state index in [2.05, 4.69) is 19.9 Å². The van der Waals surface area contributed by atoms with Crippen LogP contribution in [-0.4, -0.2) is 49.2 Å². The van der Waals surface area contributed by atoms with Crippen LogP contribution in [0.2, 0.25) is 5.28 Å². The molecule has 1 saturated heterocycles. The third-order valence-corrected chi connectivity index (χ3v) is 8.01. The fourth-order valence-corrected chi connectivity index (χ4v) is 5.96. The van der Waals surface area contributed by atoms with Crippen LogP contribution in [0.25, 0.3) is 0 Å². The number of morpholine rings is 1. The highest BCUT2D eigenvalue weighted by molar-refractivity contribution is 7.92. The maximum atomic E-state index is 13.4. The van der Waals surface area contributed by atoms with Crippen molar-refractivity contribution in [3.8, 4) is 0 Å². The third-order valence-electron chi connectivity index (χ3n) is 5.40. The molecule has 0 spiro atoms. The molecule has 0 aromatic carbocycles. The number of pyridine rings is 1. The fraction of sp³-hybridized carbons (Fsp3) is 0.500. The molecule has 0 bridgehead atoms. The van der Waals surface area contributed by atoms with Crippen molar-refractivity contribution >= 4 is 27.3 Å². The summed E-state index contributed by atoms with van der Waals surface area (Å²) < 4.78 is 31.2. The van der Waals surface area contributed by atoms with Crippen LogP contribution in [0.5, 0.6) is 0 Å². The van der Waals surface area contributed by atoms with Gasteiger partial charge in [0.2, 0.25) is 15.1 Å². The number of ether oxygens (including phenoxy) is 1. The molecule has 1 aliphatic carbocycles. The van der Waals surface area contributed by atoms with Gasteiger partial charge in [-0.3, -0.25) is 0 Å². The Balaban J connectivity index is 1.79. The Morgan fingerprint density at radius 2 is 2.11 bits per heavy atom. The second-order valence-electron chi connectivity index (χ2n) is 7.02. The topological polar surface area (TPSA) is 85.3 Å². The highest BCUT2D eigenvalue weighted by Crippen LogP contribution is 2.50. The minimum Gasteiger partial charge on any atom is -0.377 e. The summed E-state index contributed by atoms with van der Waals surface area (Å²) >= 11 is 6.21. The lowest BCUT2D eigenvalue weighted by Crippen LogP contribution is -2.46. The van der Waals surface area contributed by atoms with Gasteiger partial charge in [0, 0.05) is 18.8 Å². The number of nitrogens with zero attached hydrogens (tertiary/aromatic N) is 4. The lowest BCUT2D eigenvalue weighted by Gasteiger charge is -2.41. The molecule has 2 aromatic heterocycles. The number of hydrogen-bond acceptors (Lipinski definition) is 7. The van der Waals surface area contributed by atoms with Crippen LogP contribution in [0.3, 0.4) is 0 Å². The van der Waals surface area contributed by atoms with Crippen molar-refractivity contribution in [2.75, 3.05) is 24.7 Å². The summed E-state index contributed by atoms with van der Waals surface area (Å²) in [6, 6.07) is 6.81. The lowest BCUT2D eigenvalue weighted by atomic mass is 9.81. The first-order valence-corrected chi connectivity index (χ1v) is 10.9. The van der Waals surface area contributed by atoms with Gasteiger partial charge in [-0.2, -0.15) is 0 Å². The standard InChI is InChI=1S/C18H21ClN4O3S/c1-13-12-26-10-9-23(13)15-11-14(21-17(19)22-15)18(6-4-7-18)27(24,25)16-5-2-3-8-20-16/h2-3,5,8,11,13H,4,6-7,9-10,12H2,1H3/t13-/m0/s1. The number of hydrogen-bond donors (Lipinski definition) is 0. The van der Waals surface area contributed by atoms with E-state index in [0.29, 0.717) is 44.1 Å². The molecule has 7 nitrogen and oxygen atoms in total. The van der Waals surface area contributed by atoms with Gasteiger partial charge in [-0.05, 0) is 49.9 Å². The van der Waals surface area contributed by atoms with Gasteiger partial charge in [0.25, 0.3) is 0 Å². The zero-order valence-electron chi connectivity index (χ0n) is 15.0. The minimum absolute atomic E-state index is 0.0590. The van der Waals surface area contributed by atoms with Crippen molar-refractivity contribution in [2.45, 2.75) is 42.0 Å². The zero-order valence-corrected chi connectivity index (χ0v) is 16.6. The molecule has 0 amide bonds. The molecule has 4 rings (SSSR count). The first kappa shape index (κ1) is 18.6. The van der Waals surface area contributed by atoms with Crippen molar-refractivity contribution in [3.05, 3.63) is 41.4 Å². The molecule has 1 atom stereocenters. The number of rotatable bonds is 4. The fourth-order valence-electron chi connectivity index (χ4n) is 3.72. The van der Waals surface area contributed by atoms with Crippen LogP contribution in [-0.2, 0) is 19.3 Å². The summed E-state index contributed by atoms with van der Waals surface area (Å²) in [6.45, 7) is 3.90. The molecule has 2 fully saturated rings. The van der Waals surface area contributed by atoms with Crippen molar-refractivity contribution in [1.29, 1.82) is 0 Å². The summed E-state index contributed by atoms with van der Waals surface area (Å²) in [4.78, 5) is 14.8. The number of anilines is 1. The zero-order chi connectivity index (χ0) is 19.1. The lowest BCUT2D eigenvalue weighted by molar-refractivity contribution is 0.0985. The van der Waals surface area contributed by atoms with Crippen LogP contribution >= 0.6 is 11.6 Å². The van der Waals surface area contributed by atoms with Gasteiger partial charge in [0.15, 0.2) is 5.03 Å². The van der Waals surface area contributed by atoms with Gasteiger partial charge in [0.05, 0.1) is 24.9 Å². The average Bonchev–Trinajstić information content (AvgIpc) is 2.61. The summed E-state index contributed by atoms with van der Waals surface area (Å²) in [7, 11) is -3.70. The molecule has 27 heavy (non-hydrogen) atoms. The molecular formula is C18H21ClN4O3S. The van der Waals surface area contributed by atoms with Gasteiger partial charge in [-0.1, -0.05) is 6.07 Å². The average molecular weight is 409 g/mol. The monoisotopic (exact) mass is 408 g/mol. The van der Waals surface area contributed by atoms with E-state index in [0.717, 1.165) is 6.42 Å². The molecule has 0 radical (unpaired) electrons. The summed E-state index contributed by atoms with van der Waals surface area (Å²) in [5.74, 6) is 0.642. The molecular weight excluding hydrogens is 388 g/mol. The molecule has 0 N–H and O–H groups in total. The van der Waals surface area contributed by atoms with Crippen LogP contribution < -0.4 is 4.90 Å². The van der Waals surface area contributed by atoms with Gasteiger partial charge >= 0.3 is 0 Å². The normalized spacial score (nSPS) is 22.3. The molecule has 1 aliphatic heterocycles. The number of sulfone groups is 1. The summed E-state index contributed by atoms with van der Waals surface area (Å²) in [5.41, 5.74) is 0.452. The maximum absolute atomic E-state index is 13.4. The predicted molar refractivity (Wildman–Crippen MR) is 102 cm³/mol. The second kappa shape index (κ2) is 7.00. The highest BCUT2D eigenvalue weighted by atomic mass is 35.5. The largest absolute Gasteiger partial charge is 0.377 e. The molecule has 9 heteroatoms. The minimum atomic E-state index is -3.70. The van der Waals surface area contributed by atoms with Gasteiger partial charge in [-0.15, -0.1) is 0 Å². The summed E-state index contributed by atoms with van der Waals surface area (Å²) in [5, 5.41) is 0.129. The van der Waals surface area contributed by atoms with Crippen LogP contribution in [0, 0.1) is 0 Å². The molecule has 0 unspecified atom stereocenters. The second-order valence-corrected chi connectivity index (χ2v) is 9.56. The Kier molecular flexibility index (Phi) is 4.82. The van der Waals surface area contributed by atoms with E-state index < -0.39 is 14.6 Å². The number of aromatic nitrogens is 3. The van der Waals surface area contributed by atoms with E-state index in [4.69, 9.17) is 16.3 Å². The SMILES string of the molecule is C[C@H]1COCCN1c1cc(C2(S(=O)(=O)c3ccccn3)CCC2)nc(Cl)n1. The molecule has 144 valence electrons. The molecule has 3 heterocycles. The first-order chi connectivity index (χ1) is 12.9. The van der Waals surface area contributed by atoms with E-state index in [1.807, 2.05) is 6.92 Å². The Morgan fingerprint density at radius 3 is 2.74 bits per heavy atom. The van der Waals surface area contributed by atoms with Gasteiger partial charge in [0.1, 0.15) is 10.6 Å². The van der Waals surface area contributed by atoms with Gasteiger partial charge < -0.3 is 9.64 Å². The predicted octanol–water partition coefficient (Wildman–Crippen LogP) is 2.60. The Bertz CT molecular complexity index is 935. The highest BCUT2D eigenvalue weighted by Gasteiger charge is 2.53. The van der Waals surface area contributed by atoms with Crippen LogP contribution in [0.4, 0.5) is 5.82 Å². The Hall–Kier alpha value is -1.77. The van der Waals surface area contributed by atoms with E-state index in [1.165, 1.54) is 12.3 Å². The Labute approximate surface area is 163 Å². The van der Waals surface area contributed by atoms with Crippen molar-refractivity contribution in [3.63, 3.8) is 0 Å². The van der Waals surface area contributed by atoms with Crippen LogP contribution in [0.15, 0.2) is 35.5 Å². The molecule has 2 aliphatic rings. The Morgan fingerprint density at radius 1 is 1.30 bits per heavy atom. The first-order valence-electron chi connectivity index (χ1n) is 8.99. The smallest absolute Gasteiger partial charge is 0.224 e. The van der Waals surface area contributed by atoms with Crippen molar-refractivity contribution in [2.24, 2.45) is 0 Å². The van der Waals surface area contributed by atoms with Crippen molar-refractivity contribution < 1.29 is 13.2 Å².